The highest BCUT2D eigenvalue weighted by atomic mass is 16.5. The minimum absolute atomic E-state index is 0.0294. The van der Waals surface area contributed by atoms with E-state index in [2.05, 4.69) is 21.3 Å². The van der Waals surface area contributed by atoms with Crippen LogP contribution in [0.15, 0.2) is 48.5 Å². The number of hydrogen-bond acceptors (Lipinski definition) is 6. The Balaban J connectivity index is 1.45. The molecule has 4 rings (SSSR count). The highest BCUT2D eigenvalue weighted by Gasteiger charge is 2.27. The Hall–Kier alpha value is -4.41. The van der Waals surface area contributed by atoms with Crippen molar-refractivity contribution in [2.75, 3.05) is 19.7 Å². The number of para-hydroxylation sites is 1. The van der Waals surface area contributed by atoms with Crippen molar-refractivity contribution < 1.29 is 28.7 Å². The third kappa shape index (κ3) is 9.04. The highest BCUT2D eigenvalue weighted by molar-refractivity contribution is 5.99. The van der Waals surface area contributed by atoms with Crippen molar-refractivity contribution in [1.82, 2.24) is 26.2 Å². The number of carbonyl (C=O) groups is 5. The van der Waals surface area contributed by atoms with Gasteiger partial charge in [-0.3, -0.25) is 24.0 Å². The number of fused-ring (bicyclic) bond motifs is 1. The van der Waals surface area contributed by atoms with E-state index in [-0.39, 0.29) is 55.2 Å². The zero-order valence-corrected chi connectivity index (χ0v) is 24.8. The van der Waals surface area contributed by atoms with E-state index < -0.39 is 23.9 Å². The zero-order valence-electron chi connectivity index (χ0n) is 24.8. The van der Waals surface area contributed by atoms with Crippen molar-refractivity contribution in [2.24, 2.45) is 5.92 Å². The Morgan fingerprint density at radius 2 is 1.72 bits per heavy atom. The molecular weight excluding hydrogens is 550 g/mol. The molecule has 43 heavy (non-hydrogen) atoms. The summed E-state index contributed by atoms with van der Waals surface area (Å²) in [5, 5.41) is 11.3. The molecule has 4 N–H and O–H groups in total. The van der Waals surface area contributed by atoms with Crippen LogP contribution in [0.4, 0.5) is 0 Å². The van der Waals surface area contributed by atoms with Gasteiger partial charge in [0.2, 0.25) is 23.6 Å². The van der Waals surface area contributed by atoms with Crippen molar-refractivity contribution in [2.45, 2.75) is 71.1 Å². The maximum Gasteiger partial charge on any atom is 0.255 e. The fourth-order valence-electron chi connectivity index (χ4n) is 5.08. The molecule has 2 heterocycles. The highest BCUT2D eigenvalue weighted by Crippen LogP contribution is 2.19. The van der Waals surface area contributed by atoms with Crippen molar-refractivity contribution in [3.05, 3.63) is 65.2 Å². The second-order valence-electron chi connectivity index (χ2n) is 11.3. The maximum absolute atomic E-state index is 13.3. The Morgan fingerprint density at radius 1 is 0.977 bits per heavy atom. The Morgan fingerprint density at radius 3 is 2.44 bits per heavy atom. The first-order chi connectivity index (χ1) is 20.7. The van der Waals surface area contributed by atoms with Crippen molar-refractivity contribution in [3.8, 4) is 5.75 Å². The van der Waals surface area contributed by atoms with Crippen molar-refractivity contribution in [3.63, 3.8) is 0 Å². The summed E-state index contributed by atoms with van der Waals surface area (Å²) in [6.07, 6.45) is 1.94. The average molecular weight is 592 g/mol. The molecule has 0 spiro atoms. The summed E-state index contributed by atoms with van der Waals surface area (Å²) in [7, 11) is 0. The van der Waals surface area contributed by atoms with Crippen LogP contribution in [-0.4, -0.2) is 66.2 Å². The molecule has 0 aromatic heterocycles. The van der Waals surface area contributed by atoms with Gasteiger partial charge in [0.15, 0.2) is 0 Å². The molecule has 2 aliphatic heterocycles. The van der Waals surface area contributed by atoms with Gasteiger partial charge < -0.3 is 30.9 Å². The van der Waals surface area contributed by atoms with Crippen LogP contribution in [0.25, 0.3) is 0 Å². The normalized spacial score (nSPS) is 20.5. The van der Waals surface area contributed by atoms with Gasteiger partial charge in [0.1, 0.15) is 17.8 Å². The summed E-state index contributed by atoms with van der Waals surface area (Å²) >= 11 is 0. The van der Waals surface area contributed by atoms with Crippen molar-refractivity contribution >= 4 is 29.5 Å². The van der Waals surface area contributed by atoms with E-state index in [4.69, 9.17) is 4.74 Å². The topological polar surface area (TPSA) is 146 Å². The first kappa shape index (κ1) is 31.5. The molecule has 0 saturated carbocycles. The standard InChI is InChI=1S/C32H41N5O6/c1-21(2)29-32(42)33-16-6-18-43-26-8-4-3-7-24(26)30(40)35-25(14-15-27(38)36-29)31(41)34-19-22-10-12-23(13-11-22)20-37-17-5-9-28(37)39/h3-4,7-8,10-13,21,25,29H,5-6,9,14-20H2,1-2H3,(H,33,42)(H,34,41)(H,35,40)(H,36,38)/t25-,29?/m0/s1. The first-order valence-corrected chi connectivity index (χ1v) is 14.9. The monoisotopic (exact) mass is 591 g/mol. The molecule has 2 aromatic rings. The van der Waals surface area contributed by atoms with Crippen LogP contribution in [0.2, 0.25) is 0 Å². The summed E-state index contributed by atoms with van der Waals surface area (Å²) in [5.74, 6) is -1.21. The van der Waals surface area contributed by atoms with Crippen LogP contribution in [0.5, 0.6) is 5.75 Å². The summed E-state index contributed by atoms with van der Waals surface area (Å²) in [6.45, 7) is 5.86. The third-order valence-electron chi connectivity index (χ3n) is 7.59. The van der Waals surface area contributed by atoms with E-state index in [0.717, 1.165) is 24.1 Å². The van der Waals surface area contributed by atoms with Gasteiger partial charge in [-0.2, -0.15) is 0 Å². The molecule has 11 nitrogen and oxygen atoms in total. The van der Waals surface area contributed by atoms with Gasteiger partial charge >= 0.3 is 0 Å². The lowest BCUT2D eigenvalue weighted by Gasteiger charge is -2.23. The van der Waals surface area contributed by atoms with E-state index in [9.17, 15) is 24.0 Å². The fraction of sp³-hybridized carbons (Fsp3) is 0.469. The number of ether oxygens (including phenoxy) is 1. The van der Waals surface area contributed by atoms with Gasteiger partial charge in [0, 0.05) is 39.0 Å². The van der Waals surface area contributed by atoms with Gasteiger partial charge in [-0.1, -0.05) is 50.2 Å². The minimum atomic E-state index is -1.01. The predicted molar refractivity (Wildman–Crippen MR) is 160 cm³/mol. The van der Waals surface area contributed by atoms with E-state index in [1.807, 2.05) is 43.0 Å². The molecule has 0 aliphatic carbocycles. The van der Waals surface area contributed by atoms with Crippen LogP contribution in [-0.2, 0) is 32.3 Å². The second kappa shape index (κ2) is 15.2. The Labute approximate surface area is 252 Å². The molecular formula is C32H41N5O6. The smallest absolute Gasteiger partial charge is 0.255 e. The summed E-state index contributed by atoms with van der Waals surface area (Å²) in [5.41, 5.74) is 2.13. The summed E-state index contributed by atoms with van der Waals surface area (Å²) in [6, 6.07) is 12.7. The largest absolute Gasteiger partial charge is 0.493 e. The van der Waals surface area contributed by atoms with Gasteiger partial charge in [0.25, 0.3) is 5.91 Å². The van der Waals surface area contributed by atoms with E-state index >= 15 is 0 Å². The Bertz CT molecular complexity index is 1310. The van der Waals surface area contributed by atoms with Gasteiger partial charge in [0.05, 0.1) is 12.2 Å². The SMILES string of the molecule is CC(C)C1NC(=O)CC[C@@H](C(=O)NCc2ccc(CN3CCCC3=O)cc2)NC(=O)c2ccccc2OCCCNC1=O. The second-order valence-corrected chi connectivity index (χ2v) is 11.3. The molecule has 2 aromatic carbocycles. The molecule has 2 aliphatic rings. The number of nitrogens with one attached hydrogen (secondary N) is 4. The number of amides is 5. The quantitative estimate of drug-likeness (QED) is 0.405. The van der Waals surface area contributed by atoms with Crippen LogP contribution >= 0.6 is 0 Å². The number of nitrogens with zero attached hydrogens (tertiary/aromatic N) is 1. The zero-order chi connectivity index (χ0) is 30.8. The summed E-state index contributed by atoms with van der Waals surface area (Å²) < 4.78 is 5.84. The fourth-order valence-corrected chi connectivity index (χ4v) is 5.08. The lowest BCUT2D eigenvalue weighted by atomic mass is 10.0. The third-order valence-corrected chi connectivity index (χ3v) is 7.59. The number of hydrogen-bond donors (Lipinski definition) is 4. The molecule has 1 unspecified atom stereocenters. The number of carbonyl (C=O) groups excluding carboxylic acids is 5. The van der Waals surface area contributed by atoms with Crippen molar-refractivity contribution in [1.29, 1.82) is 0 Å². The minimum Gasteiger partial charge on any atom is -0.493 e. The Kier molecular flexibility index (Phi) is 11.1. The number of benzene rings is 2. The van der Waals surface area contributed by atoms with E-state index in [0.29, 0.717) is 31.7 Å². The van der Waals surface area contributed by atoms with Crippen LogP contribution < -0.4 is 26.0 Å². The molecule has 11 heteroatoms. The first-order valence-electron chi connectivity index (χ1n) is 14.9. The van der Waals surface area contributed by atoms with Gasteiger partial charge in [-0.05, 0) is 48.4 Å². The molecule has 5 amide bonds. The predicted octanol–water partition coefficient (Wildman–Crippen LogP) is 2.04. The maximum atomic E-state index is 13.3. The van der Waals surface area contributed by atoms with E-state index in [1.165, 1.54) is 0 Å². The van der Waals surface area contributed by atoms with Crippen LogP contribution in [0, 0.1) is 5.92 Å². The van der Waals surface area contributed by atoms with Gasteiger partial charge in [-0.25, -0.2) is 0 Å². The van der Waals surface area contributed by atoms with Crippen LogP contribution in [0.1, 0.15) is 67.4 Å². The molecule has 1 saturated heterocycles. The van der Waals surface area contributed by atoms with E-state index in [1.54, 1.807) is 24.3 Å². The molecule has 0 bridgehead atoms. The summed E-state index contributed by atoms with van der Waals surface area (Å²) in [4.78, 5) is 66.0. The molecule has 2 atom stereocenters. The molecule has 0 radical (unpaired) electrons. The molecule has 230 valence electrons. The van der Waals surface area contributed by atoms with Gasteiger partial charge in [-0.15, -0.1) is 0 Å². The lowest BCUT2D eigenvalue weighted by Crippen LogP contribution is -2.51. The lowest BCUT2D eigenvalue weighted by molar-refractivity contribution is -0.130. The number of likely N-dealkylation sites (tertiary alicyclic amines) is 1. The van der Waals surface area contributed by atoms with Crippen LogP contribution in [0.3, 0.4) is 0 Å². The average Bonchev–Trinajstić information content (AvgIpc) is 3.40. The number of rotatable bonds is 6. The molecule has 1 fully saturated rings.